The van der Waals surface area contributed by atoms with Gasteiger partial charge in [0, 0.05) is 6.07 Å². The fraction of sp³-hybridized carbons (Fsp3) is 0.273. The van der Waals surface area contributed by atoms with Crippen LogP contribution in [-0.2, 0) is 0 Å². The second kappa shape index (κ2) is 4.88. The zero-order valence-electron chi connectivity index (χ0n) is 8.52. The lowest BCUT2D eigenvalue weighted by Gasteiger charge is -2.11. The van der Waals surface area contributed by atoms with E-state index in [2.05, 4.69) is 0 Å². The van der Waals surface area contributed by atoms with Crippen molar-refractivity contribution in [2.75, 3.05) is 7.11 Å². The average molecular weight is 202 g/mol. The van der Waals surface area contributed by atoms with Crippen LogP contribution in [0.15, 0.2) is 18.2 Å². The van der Waals surface area contributed by atoms with Crippen molar-refractivity contribution in [2.45, 2.75) is 13.0 Å². The molecule has 0 fully saturated rings. The van der Waals surface area contributed by atoms with Gasteiger partial charge in [-0.3, -0.25) is 0 Å². The maximum absolute atomic E-state index is 8.68. The van der Waals surface area contributed by atoms with Crippen LogP contribution in [0.5, 0.6) is 11.5 Å². The first-order chi connectivity index (χ1) is 7.21. The Morgan fingerprint density at radius 1 is 1.27 bits per heavy atom. The predicted octanol–water partition coefficient (Wildman–Crippen LogP) is 1.86. The third-order valence-electron chi connectivity index (χ3n) is 1.78. The van der Waals surface area contributed by atoms with Crippen molar-refractivity contribution in [3.63, 3.8) is 0 Å². The summed E-state index contributed by atoms with van der Waals surface area (Å²) in [5.41, 5.74) is 0.490. The first-order valence-corrected chi connectivity index (χ1v) is 4.35. The van der Waals surface area contributed by atoms with Crippen molar-refractivity contribution in [1.29, 1.82) is 10.5 Å². The van der Waals surface area contributed by atoms with Crippen LogP contribution >= 0.6 is 0 Å². The molecule has 1 aromatic carbocycles. The van der Waals surface area contributed by atoms with Gasteiger partial charge in [-0.15, -0.1) is 0 Å². The average Bonchev–Trinajstić information content (AvgIpc) is 2.29. The highest BCUT2D eigenvalue weighted by Gasteiger charge is 2.08. The van der Waals surface area contributed by atoms with Gasteiger partial charge in [-0.25, -0.2) is 0 Å². The normalized spacial score (nSPS) is 10.9. The number of nitriles is 2. The molecule has 0 aliphatic heterocycles. The van der Waals surface area contributed by atoms with E-state index in [1.165, 1.54) is 7.11 Å². The number of nitrogens with zero attached hydrogens (tertiary/aromatic N) is 2. The number of hydrogen-bond acceptors (Lipinski definition) is 4. The molecule has 0 spiro atoms. The molecule has 0 radical (unpaired) electrons. The van der Waals surface area contributed by atoms with E-state index in [0.717, 1.165) is 0 Å². The molecule has 0 amide bonds. The minimum absolute atomic E-state index is 0.455. The van der Waals surface area contributed by atoms with E-state index in [0.29, 0.717) is 17.1 Å². The van der Waals surface area contributed by atoms with Gasteiger partial charge in [0.05, 0.1) is 18.7 Å². The number of benzene rings is 1. The van der Waals surface area contributed by atoms with Crippen molar-refractivity contribution >= 4 is 0 Å². The first-order valence-electron chi connectivity index (χ1n) is 4.35. The van der Waals surface area contributed by atoms with Crippen LogP contribution in [-0.4, -0.2) is 13.2 Å². The molecule has 4 nitrogen and oxygen atoms in total. The number of methoxy groups -OCH3 is 1. The van der Waals surface area contributed by atoms with E-state index < -0.39 is 6.10 Å². The van der Waals surface area contributed by atoms with Gasteiger partial charge in [0.2, 0.25) is 0 Å². The molecule has 0 unspecified atom stereocenters. The highest BCUT2D eigenvalue weighted by atomic mass is 16.5. The Labute approximate surface area is 88.3 Å². The summed E-state index contributed by atoms with van der Waals surface area (Å²) >= 11 is 0. The molecular weight excluding hydrogens is 192 g/mol. The highest BCUT2D eigenvalue weighted by Crippen LogP contribution is 2.28. The summed E-state index contributed by atoms with van der Waals surface area (Å²) in [5, 5.41) is 17.3. The summed E-state index contributed by atoms with van der Waals surface area (Å²) in [5.74, 6) is 0.918. The van der Waals surface area contributed by atoms with E-state index in [-0.39, 0.29) is 0 Å². The van der Waals surface area contributed by atoms with Crippen LogP contribution in [0.25, 0.3) is 0 Å². The fourth-order valence-corrected chi connectivity index (χ4v) is 1.05. The molecule has 76 valence electrons. The summed E-state index contributed by atoms with van der Waals surface area (Å²) in [6.45, 7) is 1.64. The Balaban J connectivity index is 3.00. The molecule has 1 rings (SSSR count). The Kier molecular flexibility index (Phi) is 3.54. The number of hydrogen-bond donors (Lipinski definition) is 0. The van der Waals surface area contributed by atoms with E-state index in [1.54, 1.807) is 25.1 Å². The van der Waals surface area contributed by atoms with Crippen LogP contribution in [0.1, 0.15) is 12.5 Å². The minimum atomic E-state index is -0.549. The standard InChI is InChI=1S/C11H10N2O2/c1-8(6-12)15-10-4-3-9(7-13)5-11(10)14-2/h3-5,8H,1-2H3/t8-/m1/s1. The Bertz CT molecular complexity index is 429. The van der Waals surface area contributed by atoms with Crippen LogP contribution in [0.4, 0.5) is 0 Å². The van der Waals surface area contributed by atoms with E-state index in [4.69, 9.17) is 20.0 Å². The summed E-state index contributed by atoms with van der Waals surface area (Å²) < 4.78 is 10.3. The monoisotopic (exact) mass is 202 g/mol. The highest BCUT2D eigenvalue weighted by molar-refractivity contribution is 5.46. The topological polar surface area (TPSA) is 66.0 Å². The second-order valence-electron chi connectivity index (χ2n) is 2.87. The van der Waals surface area contributed by atoms with Crippen molar-refractivity contribution in [3.05, 3.63) is 23.8 Å². The van der Waals surface area contributed by atoms with Gasteiger partial charge in [0.1, 0.15) is 6.07 Å². The molecule has 1 atom stereocenters. The SMILES string of the molecule is COc1cc(C#N)ccc1O[C@H](C)C#N. The third kappa shape index (κ3) is 2.62. The number of rotatable bonds is 3. The quantitative estimate of drug-likeness (QED) is 0.750. The molecule has 0 N–H and O–H groups in total. The molecular formula is C11H10N2O2. The molecule has 0 heterocycles. The van der Waals surface area contributed by atoms with Gasteiger partial charge in [0.25, 0.3) is 0 Å². The Morgan fingerprint density at radius 2 is 2.00 bits per heavy atom. The molecule has 0 aliphatic carbocycles. The van der Waals surface area contributed by atoms with Crippen molar-refractivity contribution in [2.24, 2.45) is 0 Å². The lowest BCUT2D eigenvalue weighted by atomic mass is 10.2. The van der Waals surface area contributed by atoms with Gasteiger partial charge < -0.3 is 9.47 Å². The maximum atomic E-state index is 8.68. The van der Waals surface area contributed by atoms with E-state index in [9.17, 15) is 0 Å². The first kappa shape index (κ1) is 10.9. The Morgan fingerprint density at radius 3 is 2.53 bits per heavy atom. The molecule has 0 saturated heterocycles. The van der Waals surface area contributed by atoms with Gasteiger partial charge in [-0.05, 0) is 19.1 Å². The van der Waals surface area contributed by atoms with Gasteiger partial charge in [0.15, 0.2) is 17.6 Å². The molecule has 0 aromatic heterocycles. The zero-order chi connectivity index (χ0) is 11.3. The summed E-state index contributed by atoms with van der Waals surface area (Å²) in [7, 11) is 1.49. The Hall–Kier alpha value is -2.20. The minimum Gasteiger partial charge on any atom is -0.493 e. The lowest BCUT2D eigenvalue weighted by molar-refractivity contribution is 0.260. The smallest absolute Gasteiger partial charge is 0.181 e. The second-order valence-corrected chi connectivity index (χ2v) is 2.87. The molecule has 1 aromatic rings. The molecule has 0 saturated carbocycles. The van der Waals surface area contributed by atoms with E-state index in [1.807, 2.05) is 12.1 Å². The van der Waals surface area contributed by atoms with Crippen LogP contribution in [0.2, 0.25) is 0 Å². The van der Waals surface area contributed by atoms with Crippen molar-refractivity contribution < 1.29 is 9.47 Å². The van der Waals surface area contributed by atoms with Gasteiger partial charge >= 0.3 is 0 Å². The van der Waals surface area contributed by atoms with E-state index >= 15 is 0 Å². The largest absolute Gasteiger partial charge is 0.493 e. The van der Waals surface area contributed by atoms with Crippen LogP contribution < -0.4 is 9.47 Å². The van der Waals surface area contributed by atoms with Crippen molar-refractivity contribution in [1.82, 2.24) is 0 Å². The third-order valence-corrected chi connectivity index (χ3v) is 1.78. The van der Waals surface area contributed by atoms with Crippen molar-refractivity contribution in [3.8, 4) is 23.6 Å². The van der Waals surface area contributed by atoms with Crippen LogP contribution in [0.3, 0.4) is 0 Å². The predicted molar refractivity (Wildman–Crippen MR) is 53.4 cm³/mol. The maximum Gasteiger partial charge on any atom is 0.181 e. The zero-order valence-corrected chi connectivity index (χ0v) is 8.52. The molecule has 0 aliphatic rings. The molecule has 15 heavy (non-hydrogen) atoms. The summed E-state index contributed by atoms with van der Waals surface area (Å²) in [6, 6.07) is 8.74. The lowest BCUT2D eigenvalue weighted by Crippen LogP contribution is -2.09. The van der Waals surface area contributed by atoms with Gasteiger partial charge in [-0.1, -0.05) is 0 Å². The summed E-state index contributed by atoms with van der Waals surface area (Å²) in [6.07, 6.45) is -0.549. The number of ether oxygens (including phenoxy) is 2. The summed E-state index contributed by atoms with van der Waals surface area (Å²) in [4.78, 5) is 0. The fourth-order valence-electron chi connectivity index (χ4n) is 1.05. The van der Waals surface area contributed by atoms with Gasteiger partial charge in [-0.2, -0.15) is 10.5 Å². The molecule has 4 heteroatoms. The molecule has 0 bridgehead atoms. The van der Waals surface area contributed by atoms with Crippen LogP contribution in [0, 0.1) is 22.7 Å².